The Bertz CT molecular complexity index is 1200. The van der Waals surface area contributed by atoms with E-state index in [0.29, 0.717) is 17.9 Å². The van der Waals surface area contributed by atoms with E-state index < -0.39 is 0 Å². The first-order valence-electron chi connectivity index (χ1n) is 14.3. The number of nitrogens with one attached hydrogen (secondary N) is 1. The number of pyridine rings is 1. The Labute approximate surface area is 229 Å². The minimum atomic E-state index is -0.241. The average molecular weight is 520 g/mol. The number of alkyl halides is 1. The van der Waals surface area contributed by atoms with E-state index in [4.69, 9.17) is 4.98 Å². The quantitative estimate of drug-likeness (QED) is 0.366. The third-order valence-corrected chi connectivity index (χ3v) is 8.81. The Hall–Kier alpha value is -2.70. The van der Waals surface area contributed by atoms with Crippen LogP contribution in [0.2, 0.25) is 0 Å². The van der Waals surface area contributed by atoms with Crippen molar-refractivity contribution < 1.29 is 5.82 Å². The van der Waals surface area contributed by atoms with Gasteiger partial charge >= 0.3 is 0 Å². The summed E-state index contributed by atoms with van der Waals surface area (Å²) >= 11 is 0. The van der Waals surface area contributed by atoms with Gasteiger partial charge in [0, 0.05) is 70.3 Å². The van der Waals surface area contributed by atoms with Crippen LogP contribution in [0.5, 0.6) is 0 Å². The minimum absolute atomic E-state index is 0. The number of benzene rings is 1. The van der Waals surface area contributed by atoms with Crippen LogP contribution >= 0.6 is 0 Å². The number of rotatable bonds is 10. The molecule has 1 N–H and O–H groups in total. The van der Waals surface area contributed by atoms with Gasteiger partial charge in [-0.25, -0.2) is 9.37 Å². The molecule has 0 radical (unpaired) electrons. The van der Waals surface area contributed by atoms with Crippen LogP contribution in [-0.2, 0) is 0 Å². The van der Waals surface area contributed by atoms with Crippen LogP contribution in [0.1, 0.15) is 46.0 Å². The Morgan fingerprint density at radius 1 is 1.16 bits per heavy atom. The maximum absolute atomic E-state index is 12.6. The molecule has 5 nitrogen and oxygen atoms in total. The number of aromatic nitrogens is 1. The van der Waals surface area contributed by atoms with E-state index in [2.05, 4.69) is 78.0 Å². The zero-order valence-corrected chi connectivity index (χ0v) is 23.5. The molecule has 1 aromatic heterocycles. The molecule has 6 heteroatoms. The number of hydrogen-bond donors (Lipinski definition) is 1. The lowest BCUT2D eigenvalue weighted by molar-refractivity contribution is -0.0852. The molecule has 38 heavy (non-hydrogen) atoms. The van der Waals surface area contributed by atoms with E-state index in [-0.39, 0.29) is 8.10 Å². The van der Waals surface area contributed by atoms with E-state index in [1.807, 2.05) is 12.3 Å². The molecule has 2 saturated heterocycles. The van der Waals surface area contributed by atoms with Gasteiger partial charge in [0.15, 0.2) is 0 Å². The van der Waals surface area contributed by atoms with Crippen molar-refractivity contribution in [2.24, 2.45) is 11.3 Å². The standard InChI is InChI=1S/C32H44FN5.H2/c1-5-28(30(36(3)4)21-37-13-8-7-9-14-37)24-10-11-25-20-34-31(17-26(25)16-24)35-29(6-2)27-18-32(19-27)22-38(23-32)15-12-33;/h5-6,10-11,16-17,20,27H,1,7-9,12-15,18-19,21-23H2,2-4H3,(H,34,35);1H/b29-6-,30-28+;. The van der Waals surface area contributed by atoms with Crippen molar-refractivity contribution in [3.8, 4) is 0 Å². The summed E-state index contributed by atoms with van der Waals surface area (Å²) in [7, 11) is 4.28. The van der Waals surface area contributed by atoms with Gasteiger partial charge < -0.3 is 10.2 Å². The topological polar surface area (TPSA) is 34.6 Å². The monoisotopic (exact) mass is 519 g/mol. The number of likely N-dealkylation sites (tertiary alicyclic amines) is 2. The first-order valence-corrected chi connectivity index (χ1v) is 14.3. The first-order chi connectivity index (χ1) is 18.4. The SMILES string of the molecule is C=C/C(=C(/CN1CCCCC1)N(C)C)c1ccc2cnc(N/C(=C\C)C3CC4(C3)CN(CCF)C4)cc2c1.[HH]. The third kappa shape index (κ3) is 5.67. The van der Waals surface area contributed by atoms with Gasteiger partial charge in [0.05, 0.1) is 0 Å². The lowest BCUT2D eigenvalue weighted by atomic mass is 9.57. The fraction of sp³-hybridized carbons (Fsp3) is 0.531. The van der Waals surface area contributed by atoms with Crippen LogP contribution in [0, 0.1) is 11.3 Å². The maximum Gasteiger partial charge on any atom is 0.130 e. The predicted octanol–water partition coefficient (Wildman–Crippen LogP) is 6.42. The van der Waals surface area contributed by atoms with E-state index >= 15 is 0 Å². The molecular formula is C32H46FN5. The molecule has 2 aromatic rings. The second-order valence-corrected chi connectivity index (χ2v) is 11.8. The van der Waals surface area contributed by atoms with Gasteiger partial charge in [0.2, 0.25) is 0 Å². The highest BCUT2D eigenvalue weighted by Gasteiger charge is 2.52. The number of anilines is 1. The van der Waals surface area contributed by atoms with Crippen molar-refractivity contribution in [3.63, 3.8) is 0 Å². The predicted molar refractivity (Wildman–Crippen MR) is 160 cm³/mol. The average Bonchev–Trinajstić information content (AvgIpc) is 2.88. The second kappa shape index (κ2) is 11.6. The van der Waals surface area contributed by atoms with Crippen molar-refractivity contribution in [3.05, 3.63) is 66.2 Å². The van der Waals surface area contributed by atoms with Gasteiger partial charge in [-0.15, -0.1) is 0 Å². The summed E-state index contributed by atoms with van der Waals surface area (Å²) < 4.78 is 12.6. The molecule has 5 rings (SSSR count). The number of likely N-dealkylation sites (N-methyl/N-ethyl adjacent to an activating group) is 1. The fourth-order valence-electron chi connectivity index (χ4n) is 6.78. The van der Waals surface area contributed by atoms with Crippen molar-refractivity contribution in [1.82, 2.24) is 19.7 Å². The molecule has 0 unspecified atom stereocenters. The first kappa shape index (κ1) is 26.9. The normalized spacial score (nSPS) is 21.1. The molecule has 0 amide bonds. The summed E-state index contributed by atoms with van der Waals surface area (Å²) in [6.45, 7) is 12.0. The van der Waals surface area contributed by atoms with E-state index in [1.165, 1.54) is 73.1 Å². The second-order valence-electron chi connectivity index (χ2n) is 11.8. The highest BCUT2D eigenvalue weighted by Crippen LogP contribution is 2.54. The van der Waals surface area contributed by atoms with Gasteiger partial charge in [0.25, 0.3) is 0 Å². The molecule has 1 aliphatic carbocycles. The molecule has 2 aliphatic heterocycles. The molecule has 1 aromatic carbocycles. The highest BCUT2D eigenvalue weighted by molar-refractivity contribution is 5.89. The zero-order chi connectivity index (χ0) is 26.7. The van der Waals surface area contributed by atoms with Crippen LogP contribution < -0.4 is 5.32 Å². The van der Waals surface area contributed by atoms with Crippen molar-refractivity contribution >= 4 is 22.2 Å². The van der Waals surface area contributed by atoms with E-state index in [9.17, 15) is 4.39 Å². The fourth-order valence-corrected chi connectivity index (χ4v) is 6.78. The van der Waals surface area contributed by atoms with Gasteiger partial charge in [-0.3, -0.25) is 9.80 Å². The summed E-state index contributed by atoms with van der Waals surface area (Å²) in [5.41, 5.74) is 5.37. The zero-order valence-electron chi connectivity index (χ0n) is 23.5. The molecule has 206 valence electrons. The minimum Gasteiger partial charge on any atom is -0.379 e. The smallest absolute Gasteiger partial charge is 0.130 e. The van der Waals surface area contributed by atoms with Crippen molar-refractivity contribution in [2.45, 2.75) is 39.0 Å². The maximum atomic E-state index is 12.6. The number of hydrogen-bond acceptors (Lipinski definition) is 5. The largest absolute Gasteiger partial charge is 0.379 e. The Morgan fingerprint density at radius 3 is 2.58 bits per heavy atom. The molecule has 3 fully saturated rings. The number of nitrogens with zero attached hydrogens (tertiary/aromatic N) is 4. The van der Waals surface area contributed by atoms with Gasteiger partial charge in [-0.2, -0.15) is 0 Å². The molecule has 3 heterocycles. The summed E-state index contributed by atoms with van der Waals surface area (Å²) in [5.74, 6) is 1.42. The highest BCUT2D eigenvalue weighted by atomic mass is 19.1. The lowest BCUT2D eigenvalue weighted by Crippen LogP contribution is -2.62. The van der Waals surface area contributed by atoms with E-state index in [1.54, 1.807) is 0 Å². The lowest BCUT2D eigenvalue weighted by Gasteiger charge is -2.59. The molecule has 3 aliphatic rings. The van der Waals surface area contributed by atoms with E-state index in [0.717, 1.165) is 30.8 Å². The number of halogens is 1. The molecule has 1 saturated carbocycles. The Kier molecular flexibility index (Phi) is 8.20. The Balaban J connectivity index is 0.00000353. The van der Waals surface area contributed by atoms with Crippen LogP contribution in [0.3, 0.4) is 0 Å². The van der Waals surface area contributed by atoms with Crippen LogP contribution in [0.15, 0.2) is 60.6 Å². The number of piperidine rings is 1. The van der Waals surface area contributed by atoms with Crippen LogP contribution in [-0.4, -0.2) is 79.7 Å². The number of allylic oxidation sites excluding steroid dienone is 4. The van der Waals surface area contributed by atoms with Crippen molar-refractivity contribution in [2.75, 3.05) is 65.4 Å². The van der Waals surface area contributed by atoms with Crippen molar-refractivity contribution in [1.29, 1.82) is 0 Å². The van der Waals surface area contributed by atoms with Gasteiger partial charge in [-0.05, 0) is 80.1 Å². The van der Waals surface area contributed by atoms with Gasteiger partial charge in [0.1, 0.15) is 12.5 Å². The molecule has 0 atom stereocenters. The van der Waals surface area contributed by atoms with Crippen LogP contribution in [0.4, 0.5) is 10.2 Å². The third-order valence-electron chi connectivity index (χ3n) is 8.81. The summed E-state index contributed by atoms with van der Waals surface area (Å²) in [5, 5.41) is 5.95. The number of fused-ring (bicyclic) bond motifs is 1. The summed E-state index contributed by atoms with van der Waals surface area (Å²) in [4.78, 5) is 11.8. The van der Waals surface area contributed by atoms with Gasteiger partial charge in [-0.1, -0.05) is 37.3 Å². The Morgan fingerprint density at radius 2 is 1.92 bits per heavy atom. The summed E-state index contributed by atoms with van der Waals surface area (Å²) in [6, 6.07) is 8.82. The molecule has 1 spiro atoms. The van der Waals surface area contributed by atoms with Crippen LogP contribution in [0.25, 0.3) is 16.3 Å². The summed E-state index contributed by atoms with van der Waals surface area (Å²) in [6.07, 6.45) is 12.5. The molecule has 0 bridgehead atoms. The molecular weight excluding hydrogens is 473 g/mol.